The molecule has 3 heterocycles. The number of allylic oxidation sites excluding steroid dienone is 1. The second kappa shape index (κ2) is 18.2. The fourth-order valence-electron chi connectivity index (χ4n) is 5.67. The third-order valence-electron chi connectivity index (χ3n) is 7.94. The number of hydrogen-bond acceptors (Lipinski definition) is 9. The quantitative estimate of drug-likeness (QED) is 0.0644. The standard InChI is InChI=1S/C40H39N7OS/c1-3-9-39(17-21-41-2)47(29-38-12-5-7-20-44-38)27-35-23-33(32-13-15-36(16-14-32)45-30-49)22-34(40(35)48)26-46(25-31-10-8-18-42-24-31)28-37-11-4-6-19-43-37/h3-24,39,48H,2,25-29H2,1H3/b9-3-,21-17+. The minimum atomic E-state index is -0.123. The largest absolute Gasteiger partial charge is 0.507 e. The van der Waals surface area contributed by atoms with Crippen molar-refractivity contribution < 1.29 is 5.11 Å². The van der Waals surface area contributed by atoms with Crippen LogP contribution in [0.2, 0.25) is 0 Å². The Hall–Kier alpha value is -5.44. The number of hydrogen-bond donors (Lipinski definition) is 1. The van der Waals surface area contributed by atoms with Gasteiger partial charge in [-0.25, -0.2) is 0 Å². The van der Waals surface area contributed by atoms with Crippen molar-refractivity contribution in [2.75, 3.05) is 0 Å². The normalized spacial score (nSPS) is 12.1. The van der Waals surface area contributed by atoms with E-state index in [4.69, 9.17) is 12.2 Å². The van der Waals surface area contributed by atoms with Crippen molar-refractivity contribution in [2.45, 2.75) is 45.7 Å². The summed E-state index contributed by atoms with van der Waals surface area (Å²) in [6.07, 6.45) is 15.1. The Bertz CT molecular complexity index is 1850. The van der Waals surface area contributed by atoms with Crippen LogP contribution in [0.5, 0.6) is 5.75 Å². The summed E-state index contributed by atoms with van der Waals surface area (Å²) >= 11 is 4.81. The summed E-state index contributed by atoms with van der Waals surface area (Å²) in [5.74, 6) is 0.249. The summed E-state index contributed by atoms with van der Waals surface area (Å²) in [7, 11) is 0. The lowest BCUT2D eigenvalue weighted by Gasteiger charge is -2.29. The Morgan fingerprint density at radius 1 is 0.816 bits per heavy atom. The van der Waals surface area contributed by atoms with Crippen molar-refractivity contribution in [2.24, 2.45) is 9.98 Å². The van der Waals surface area contributed by atoms with Gasteiger partial charge in [0.05, 0.1) is 22.2 Å². The van der Waals surface area contributed by atoms with E-state index in [-0.39, 0.29) is 11.8 Å². The molecule has 0 spiro atoms. The smallest absolute Gasteiger partial charge is 0.124 e. The molecule has 0 aliphatic heterocycles. The zero-order chi connectivity index (χ0) is 34.3. The maximum absolute atomic E-state index is 12.1. The molecule has 0 radical (unpaired) electrons. The van der Waals surface area contributed by atoms with Gasteiger partial charge in [0.2, 0.25) is 0 Å². The van der Waals surface area contributed by atoms with Crippen LogP contribution in [-0.4, -0.2) is 47.8 Å². The predicted octanol–water partition coefficient (Wildman–Crippen LogP) is 8.34. The van der Waals surface area contributed by atoms with Crippen LogP contribution in [0.15, 0.2) is 144 Å². The topological polar surface area (TPSA) is 90.1 Å². The lowest BCUT2D eigenvalue weighted by Crippen LogP contribution is -2.32. The van der Waals surface area contributed by atoms with Gasteiger partial charge in [-0.1, -0.05) is 42.5 Å². The summed E-state index contributed by atoms with van der Waals surface area (Å²) in [5.41, 5.74) is 7.22. The van der Waals surface area contributed by atoms with Crippen LogP contribution in [-0.2, 0) is 32.7 Å². The van der Waals surface area contributed by atoms with E-state index in [1.165, 1.54) is 0 Å². The van der Waals surface area contributed by atoms with Crippen molar-refractivity contribution in [1.82, 2.24) is 24.8 Å². The van der Waals surface area contributed by atoms with E-state index in [9.17, 15) is 5.11 Å². The number of benzene rings is 2. The van der Waals surface area contributed by atoms with Crippen LogP contribution in [0, 0.1) is 0 Å². The molecule has 8 nitrogen and oxygen atoms in total. The fourth-order valence-corrected chi connectivity index (χ4v) is 5.77. The molecule has 0 saturated heterocycles. The average Bonchev–Trinajstić information content (AvgIpc) is 3.13. The Morgan fingerprint density at radius 3 is 2.14 bits per heavy atom. The van der Waals surface area contributed by atoms with Crippen LogP contribution in [0.4, 0.5) is 5.69 Å². The van der Waals surface area contributed by atoms with Gasteiger partial charge in [0.1, 0.15) is 5.75 Å². The van der Waals surface area contributed by atoms with Gasteiger partial charge in [0.25, 0.3) is 0 Å². The molecule has 0 aliphatic carbocycles. The summed E-state index contributed by atoms with van der Waals surface area (Å²) in [5, 5.41) is 14.5. The second-order valence-electron chi connectivity index (χ2n) is 11.5. The van der Waals surface area contributed by atoms with Gasteiger partial charge < -0.3 is 5.11 Å². The molecule has 0 saturated carbocycles. The van der Waals surface area contributed by atoms with Gasteiger partial charge in [-0.3, -0.25) is 29.7 Å². The molecule has 1 N–H and O–H groups in total. The van der Waals surface area contributed by atoms with E-state index in [1.54, 1.807) is 24.8 Å². The highest BCUT2D eigenvalue weighted by atomic mass is 32.1. The number of rotatable bonds is 16. The van der Waals surface area contributed by atoms with Crippen molar-refractivity contribution >= 4 is 29.8 Å². The van der Waals surface area contributed by atoms with Crippen molar-refractivity contribution in [1.29, 1.82) is 0 Å². The third kappa shape index (κ3) is 10.3. The monoisotopic (exact) mass is 665 g/mol. The molecule has 1 atom stereocenters. The minimum Gasteiger partial charge on any atom is -0.507 e. The third-order valence-corrected chi connectivity index (χ3v) is 8.03. The first-order valence-electron chi connectivity index (χ1n) is 16.0. The van der Waals surface area contributed by atoms with E-state index in [0.717, 1.165) is 44.9 Å². The molecule has 0 fully saturated rings. The Labute approximate surface area is 293 Å². The van der Waals surface area contributed by atoms with Crippen LogP contribution in [0.1, 0.15) is 35.0 Å². The number of thiocarbonyl (C=S) groups is 1. The van der Waals surface area contributed by atoms with Crippen LogP contribution in [0.25, 0.3) is 11.1 Å². The van der Waals surface area contributed by atoms with E-state index < -0.39 is 0 Å². The number of nitrogens with zero attached hydrogens (tertiary/aromatic N) is 7. The van der Waals surface area contributed by atoms with Crippen molar-refractivity contribution in [3.8, 4) is 16.9 Å². The zero-order valence-electron chi connectivity index (χ0n) is 27.5. The predicted molar refractivity (Wildman–Crippen MR) is 200 cm³/mol. The maximum Gasteiger partial charge on any atom is 0.124 e. The molecule has 5 rings (SSSR count). The lowest BCUT2D eigenvalue weighted by atomic mass is 9.97. The number of aliphatic imine (C=N–C) groups is 2. The molecule has 5 aromatic rings. The van der Waals surface area contributed by atoms with Gasteiger partial charge in [0.15, 0.2) is 0 Å². The first kappa shape index (κ1) is 34.9. The van der Waals surface area contributed by atoms with Crippen molar-refractivity contribution in [3.05, 3.63) is 162 Å². The molecule has 9 heteroatoms. The molecule has 2 aromatic carbocycles. The van der Waals surface area contributed by atoms with Crippen LogP contribution >= 0.6 is 12.2 Å². The highest BCUT2D eigenvalue weighted by Gasteiger charge is 2.21. The molecule has 0 amide bonds. The number of phenols is 1. The SMILES string of the molecule is C=N/C=C/C(/C=C\C)N(Cc1ccccn1)Cc1cc(-c2ccc(N=C=S)cc2)cc(CN(Cc2cccnc2)Cc2ccccn2)c1O. The second-order valence-corrected chi connectivity index (χ2v) is 11.7. The molecular formula is C40H39N7OS. The van der Waals surface area contributed by atoms with Crippen LogP contribution in [0.3, 0.4) is 0 Å². The van der Waals surface area contributed by atoms with E-state index >= 15 is 0 Å². The van der Waals surface area contributed by atoms with E-state index in [2.05, 4.69) is 70.9 Å². The number of isothiocyanates is 1. The molecular weight excluding hydrogens is 627 g/mol. The molecule has 3 aromatic heterocycles. The summed E-state index contributed by atoms with van der Waals surface area (Å²) in [6, 6.07) is 27.7. The number of aromatic nitrogens is 3. The summed E-state index contributed by atoms with van der Waals surface area (Å²) in [4.78, 5) is 26.1. The van der Waals surface area contributed by atoms with Gasteiger partial charge in [-0.2, -0.15) is 4.99 Å². The summed E-state index contributed by atoms with van der Waals surface area (Å²) < 4.78 is 0. The lowest BCUT2D eigenvalue weighted by molar-refractivity contribution is 0.230. The first-order chi connectivity index (χ1) is 24.1. The van der Waals surface area contributed by atoms with Gasteiger partial charge in [-0.15, -0.1) is 0 Å². The zero-order valence-corrected chi connectivity index (χ0v) is 28.3. The molecule has 0 bridgehead atoms. The minimum absolute atomic E-state index is 0.123. The number of pyridine rings is 3. The molecule has 1 unspecified atom stereocenters. The summed E-state index contributed by atoms with van der Waals surface area (Å²) in [6.45, 7) is 8.31. The van der Waals surface area contributed by atoms with E-state index in [0.29, 0.717) is 32.7 Å². The van der Waals surface area contributed by atoms with Gasteiger partial charge in [0, 0.05) is 80.9 Å². The van der Waals surface area contributed by atoms with E-state index in [1.807, 2.05) is 92.0 Å². The molecule has 0 aliphatic rings. The highest BCUT2D eigenvalue weighted by Crippen LogP contribution is 2.34. The van der Waals surface area contributed by atoms with Crippen molar-refractivity contribution in [3.63, 3.8) is 0 Å². The first-order valence-corrected chi connectivity index (χ1v) is 16.4. The number of aromatic hydroxyl groups is 1. The highest BCUT2D eigenvalue weighted by molar-refractivity contribution is 7.78. The maximum atomic E-state index is 12.1. The van der Waals surface area contributed by atoms with Gasteiger partial charge >= 0.3 is 0 Å². The fraction of sp³-hybridized carbons (Fsp3) is 0.175. The Morgan fingerprint density at radius 2 is 1.53 bits per heavy atom. The Kier molecular flexibility index (Phi) is 13.0. The molecule has 246 valence electrons. The molecule has 49 heavy (non-hydrogen) atoms. The Balaban J connectivity index is 1.59. The average molecular weight is 666 g/mol. The van der Waals surface area contributed by atoms with Gasteiger partial charge in [-0.05, 0) is 103 Å². The van der Waals surface area contributed by atoms with Crippen LogP contribution < -0.4 is 0 Å². The number of phenolic OH excluding ortho intramolecular Hbond substituents is 1.